The van der Waals surface area contributed by atoms with Gasteiger partial charge in [0.05, 0.1) is 12.6 Å². The Morgan fingerprint density at radius 3 is 2.83 bits per heavy atom. The number of hydrogen-bond acceptors (Lipinski definition) is 3. The molecule has 0 N–H and O–H groups in total. The van der Waals surface area contributed by atoms with E-state index < -0.39 is 0 Å². The molecule has 122 valence electrons. The van der Waals surface area contributed by atoms with E-state index in [-0.39, 0.29) is 11.9 Å². The fourth-order valence-corrected chi connectivity index (χ4v) is 4.03. The highest BCUT2D eigenvalue weighted by Crippen LogP contribution is 2.34. The van der Waals surface area contributed by atoms with E-state index >= 15 is 0 Å². The molecule has 1 aromatic carbocycles. The molecule has 0 unspecified atom stereocenters. The first-order valence-corrected chi connectivity index (χ1v) is 9.15. The maximum atomic E-state index is 12.9. The van der Waals surface area contributed by atoms with Gasteiger partial charge in [0.2, 0.25) is 0 Å². The number of benzene rings is 1. The van der Waals surface area contributed by atoms with Crippen LogP contribution in [0.15, 0.2) is 59.6 Å². The third-order valence-electron chi connectivity index (χ3n) is 4.55. The van der Waals surface area contributed by atoms with Crippen molar-refractivity contribution in [3.8, 4) is 0 Å². The summed E-state index contributed by atoms with van der Waals surface area (Å²) in [4.78, 5) is 14.9. The fourth-order valence-electron chi connectivity index (χ4n) is 3.32. The molecule has 24 heavy (non-hydrogen) atoms. The second-order valence-corrected chi connectivity index (χ2v) is 6.89. The molecule has 2 aromatic heterocycles. The van der Waals surface area contributed by atoms with Crippen molar-refractivity contribution in [1.29, 1.82) is 0 Å². The number of thiophene rings is 1. The smallest absolute Gasteiger partial charge is 0.254 e. The van der Waals surface area contributed by atoms with Crippen LogP contribution in [0.1, 0.15) is 40.4 Å². The molecule has 1 aliphatic heterocycles. The van der Waals surface area contributed by atoms with Crippen LogP contribution < -0.4 is 0 Å². The van der Waals surface area contributed by atoms with Crippen LogP contribution in [-0.4, -0.2) is 27.1 Å². The number of nitrogens with zero attached hydrogens (tertiary/aromatic N) is 3. The molecule has 3 heterocycles. The van der Waals surface area contributed by atoms with Crippen LogP contribution in [0.4, 0.5) is 0 Å². The predicted molar refractivity (Wildman–Crippen MR) is 95.1 cm³/mol. The van der Waals surface area contributed by atoms with E-state index in [0.29, 0.717) is 0 Å². The molecule has 5 heteroatoms. The van der Waals surface area contributed by atoms with Crippen molar-refractivity contribution in [1.82, 2.24) is 14.7 Å². The second kappa shape index (κ2) is 6.61. The van der Waals surface area contributed by atoms with E-state index in [1.165, 1.54) is 5.56 Å². The van der Waals surface area contributed by atoms with Crippen LogP contribution in [0.5, 0.6) is 0 Å². The number of rotatable bonds is 4. The minimum absolute atomic E-state index is 0.134. The van der Waals surface area contributed by atoms with Gasteiger partial charge in [0.1, 0.15) is 0 Å². The third kappa shape index (κ3) is 2.99. The standard InChI is InChI=1S/C19H19N3OS/c23-19(22-11-1-3-18(22)17-8-12-24-14-17)16-6-4-15(5-7-16)13-21-10-2-9-20-21/h2,4-10,12,14,18H,1,3,11,13H2/t18-/m1/s1. The van der Waals surface area contributed by atoms with Gasteiger partial charge in [0.15, 0.2) is 0 Å². The highest BCUT2D eigenvalue weighted by atomic mass is 32.1. The molecule has 4 rings (SSSR count). The molecular formula is C19H19N3OS. The van der Waals surface area contributed by atoms with Gasteiger partial charge < -0.3 is 4.90 Å². The lowest BCUT2D eigenvalue weighted by molar-refractivity contribution is 0.0736. The van der Waals surface area contributed by atoms with E-state index in [2.05, 4.69) is 21.9 Å². The Hall–Kier alpha value is -2.40. The summed E-state index contributed by atoms with van der Waals surface area (Å²) in [5.41, 5.74) is 3.17. The van der Waals surface area contributed by atoms with E-state index in [1.54, 1.807) is 17.5 Å². The molecule has 1 fully saturated rings. The summed E-state index contributed by atoms with van der Waals surface area (Å²) in [6.07, 6.45) is 5.84. The molecule has 1 atom stereocenters. The summed E-state index contributed by atoms with van der Waals surface area (Å²) in [6, 6.07) is 12.2. The SMILES string of the molecule is O=C(c1ccc(Cn2cccn2)cc1)N1CCC[C@@H]1c1ccsc1. The lowest BCUT2D eigenvalue weighted by Crippen LogP contribution is -2.30. The van der Waals surface area contributed by atoms with Crippen LogP contribution in [0.25, 0.3) is 0 Å². The molecule has 3 aromatic rings. The molecule has 1 saturated heterocycles. The first kappa shape index (κ1) is 15.1. The number of likely N-dealkylation sites (tertiary alicyclic amines) is 1. The van der Waals surface area contributed by atoms with E-state index in [9.17, 15) is 4.79 Å². The monoisotopic (exact) mass is 337 g/mol. The van der Waals surface area contributed by atoms with E-state index in [0.717, 1.165) is 37.1 Å². The van der Waals surface area contributed by atoms with Gasteiger partial charge in [-0.15, -0.1) is 0 Å². The van der Waals surface area contributed by atoms with Crippen molar-refractivity contribution >= 4 is 17.2 Å². The van der Waals surface area contributed by atoms with Crippen molar-refractivity contribution < 1.29 is 4.79 Å². The summed E-state index contributed by atoms with van der Waals surface area (Å²) in [5, 5.41) is 8.45. The second-order valence-electron chi connectivity index (χ2n) is 6.11. The van der Waals surface area contributed by atoms with E-state index in [4.69, 9.17) is 0 Å². The zero-order valence-electron chi connectivity index (χ0n) is 13.3. The maximum Gasteiger partial charge on any atom is 0.254 e. The molecule has 0 aliphatic carbocycles. The Morgan fingerprint density at radius 1 is 1.25 bits per heavy atom. The minimum Gasteiger partial charge on any atom is -0.332 e. The summed E-state index contributed by atoms with van der Waals surface area (Å²) < 4.78 is 1.88. The molecular weight excluding hydrogens is 318 g/mol. The van der Waals surface area contributed by atoms with Gasteiger partial charge in [-0.05, 0) is 59.0 Å². The lowest BCUT2D eigenvalue weighted by atomic mass is 10.1. The largest absolute Gasteiger partial charge is 0.332 e. The average molecular weight is 337 g/mol. The van der Waals surface area contributed by atoms with Gasteiger partial charge in [-0.2, -0.15) is 16.4 Å². The van der Waals surface area contributed by atoms with Gasteiger partial charge in [0, 0.05) is 24.5 Å². The van der Waals surface area contributed by atoms with Gasteiger partial charge in [-0.3, -0.25) is 9.48 Å². The van der Waals surface area contributed by atoms with Crippen molar-refractivity contribution in [2.24, 2.45) is 0 Å². The zero-order valence-corrected chi connectivity index (χ0v) is 14.2. The van der Waals surface area contributed by atoms with Crippen molar-refractivity contribution in [2.45, 2.75) is 25.4 Å². The van der Waals surface area contributed by atoms with Crippen LogP contribution in [0.3, 0.4) is 0 Å². The van der Waals surface area contributed by atoms with Crippen molar-refractivity contribution in [3.63, 3.8) is 0 Å². The first-order chi connectivity index (χ1) is 11.8. The quantitative estimate of drug-likeness (QED) is 0.722. The third-order valence-corrected chi connectivity index (χ3v) is 5.25. The van der Waals surface area contributed by atoms with Gasteiger partial charge in [-0.1, -0.05) is 12.1 Å². The van der Waals surface area contributed by atoms with Crippen molar-refractivity contribution in [2.75, 3.05) is 6.54 Å². The number of aromatic nitrogens is 2. The van der Waals surface area contributed by atoms with Crippen molar-refractivity contribution in [3.05, 3.63) is 76.2 Å². The summed E-state index contributed by atoms with van der Waals surface area (Å²) in [5.74, 6) is 0.134. The van der Waals surface area contributed by atoms with E-state index in [1.807, 2.05) is 46.1 Å². The molecule has 4 nitrogen and oxygen atoms in total. The zero-order chi connectivity index (χ0) is 16.4. The average Bonchev–Trinajstić information content (AvgIpc) is 3.36. The topological polar surface area (TPSA) is 38.1 Å². The van der Waals surface area contributed by atoms with Crippen LogP contribution >= 0.6 is 11.3 Å². The fraction of sp³-hybridized carbons (Fsp3) is 0.263. The molecule has 0 saturated carbocycles. The van der Waals surface area contributed by atoms with Crippen LogP contribution in [0, 0.1) is 0 Å². The molecule has 1 aliphatic rings. The molecule has 0 bridgehead atoms. The highest BCUT2D eigenvalue weighted by molar-refractivity contribution is 7.08. The summed E-state index contributed by atoms with van der Waals surface area (Å²) in [6.45, 7) is 1.57. The molecule has 0 radical (unpaired) electrons. The van der Waals surface area contributed by atoms with Gasteiger partial charge >= 0.3 is 0 Å². The number of carbonyl (C=O) groups excluding carboxylic acids is 1. The highest BCUT2D eigenvalue weighted by Gasteiger charge is 2.30. The first-order valence-electron chi connectivity index (χ1n) is 8.21. The number of amides is 1. The molecule has 0 spiro atoms. The summed E-state index contributed by atoms with van der Waals surface area (Å²) in [7, 11) is 0. The summed E-state index contributed by atoms with van der Waals surface area (Å²) >= 11 is 1.69. The Labute approximate surface area is 145 Å². The van der Waals surface area contributed by atoms with Gasteiger partial charge in [-0.25, -0.2) is 0 Å². The lowest BCUT2D eigenvalue weighted by Gasteiger charge is -2.24. The minimum atomic E-state index is 0.134. The Morgan fingerprint density at radius 2 is 2.12 bits per heavy atom. The molecule has 1 amide bonds. The number of hydrogen-bond donors (Lipinski definition) is 0. The Bertz CT molecular complexity index is 794. The predicted octanol–water partition coefficient (Wildman–Crippen LogP) is 3.97. The number of carbonyl (C=O) groups is 1. The van der Waals surface area contributed by atoms with Crippen LogP contribution in [0.2, 0.25) is 0 Å². The van der Waals surface area contributed by atoms with Crippen LogP contribution in [-0.2, 0) is 6.54 Å². The maximum absolute atomic E-state index is 12.9. The Balaban J connectivity index is 1.49. The normalized spacial score (nSPS) is 17.3. The van der Waals surface area contributed by atoms with Gasteiger partial charge in [0.25, 0.3) is 5.91 Å². The Kier molecular flexibility index (Phi) is 4.17.